The van der Waals surface area contributed by atoms with Crippen LogP contribution in [0.15, 0.2) is 42.9 Å². The minimum absolute atomic E-state index is 0.0618. The van der Waals surface area contributed by atoms with Gasteiger partial charge in [-0.3, -0.25) is 14.8 Å². The standard InChI is InChI=1S/C15H13F4N3O2/c1-22(9-10-8-20-6-7-21-10)13(23)11-4-2-3-5-12(11)24-15(18,19)14(16)17/h2-8,14H,9H2,1H3. The molecule has 0 aliphatic rings. The zero-order valence-electron chi connectivity index (χ0n) is 12.5. The van der Waals surface area contributed by atoms with Crippen LogP contribution in [0.4, 0.5) is 17.6 Å². The van der Waals surface area contributed by atoms with Gasteiger partial charge in [0.1, 0.15) is 5.75 Å². The van der Waals surface area contributed by atoms with Crippen molar-refractivity contribution < 1.29 is 27.1 Å². The van der Waals surface area contributed by atoms with Crippen molar-refractivity contribution in [3.8, 4) is 5.75 Å². The van der Waals surface area contributed by atoms with Gasteiger partial charge < -0.3 is 9.64 Å². The van der Waals surface area contributed by atoms with Crippen molar-refractivity contribution in [2.24, 2.45) is 0 Å². The largest absolute Gasteiger partial charge is 0.461 e. The molecule has 0 unspecified atom stereocenters. The lowest BCUT2D eigenvalue weighted by atomic mass is 10.1. The number of rotatable bonds is 6. The minimum Gasteiger partial charge on any atom is -0.427 e. The lowest BCUT2D eigenvalue weighted by molar-refractivity contribution is -0.253. The minimum atomic E-state index is -4.69. The van der Waals surface area contributed by atoms with E-state index in [1.54, 1.807) is 0 Å². The number of aromatic nitrogens is 2. The van der Waals surface area contributed by atoms with E-state index < -0.39 is 24.2 Å². The fraction of sp³-hybridized carbons (Fsp3) is 0.267. The second kappa shape index (κ2) is 7.24. The molecule has 0 atom stereocenters. The molecule has 0 fully saturated rings. The fourth-order valence-electron chi connectivity index (χ4n) is 1.86. The first-order valence-corrected chi connectivity index (χ1v) is 6.75. The number of ether oxygens (including phenoxy) is 1. The number of hydrogen-bond acceptors (Lipinski definition) is 4. The molecule has 0 saturated heterocycles. The summed E-state index contributed by atoms with van der Waals surface area (Å²) in [7, 11) is 1.42. The predicted octanol–water partition coefficient (Wildman–Crippen LogP) is 2.99. The number of halogens is 4. The lowest BCUT2D eigenvalue weighted by Gasteiger charge is -2.21. The Labute approximate surface area is 134 Å². The van der Waals surface area contributed by atoms with Crippen molar-refractivity contribution in [1.82, 2.24) is 14.9 Å². The van der Waals surface area contributed by atoms with Gasteiger partial charge in [-0.25, -0.2) is 0 Å². The Morgan fingerprint density at radius 3 is 2.62 bits per heavy atom. The molecular weight excluding hydrogens is 330 g/mol. The number of carbonyl (C=O) groups excluding carboxylic acids is 1. The van der Waals surface area contributed by atoms with E-state index in [1.807, 2.05) is 0 Å². The summed E-state index contributed by atoms with van der Waals surface area (Å²) in [4.78, 5) is 21.4. The van der Waals surface area contributed by atoms with Crippen LogP contribution >= 0.6 is 0 Å². The van der Waals surface area contributed by atoms with E-state index in [-0.39, 0.29) is 12.1 Å². The molecular formula is C15H13F4N3O2. The average Bonchev–Trinajstić information content (AvgIpc) is 2.55. The topological polar surface area (TPSA) is 55.3 Å². The molecule has 1 aromatic heterocycles. The first kappa shape index (κ1) is 17.6. The summed E-state index contributed by atoms with van der Waals surface area (Å²) in [5.74, 6) is -1.31. The maximum absolute atomic E-state index is 13.1. The van der Waals surface area contributed by atoms with Gasteiger partial charge in [0.2, 0.25) is 0 Å². The highest BCUT2D eigenvalue weighted by molar-refractivity contribution is 5.96. The van der Waals surface area contributed by atoms with Gasteiger partial charge in [0.15, 0.2) is 0 Å². The second-order valence-electron chi connectivity index (χ2n) is 4.82. The van der Waals surface area contributed by atoms with Crippen LogP contribution < -0.4 is 4.74 Å². The summed E-state index contributed by atoms with van der Waals surface area (Å²) in [6.45, 7) is 0.0618. The Hall–Kier alpha value is -2.71. The Bertz CT molecular complexity index is 698. The molecule has 0 aliphatic heterocycles. The third kappa shape index (κ3) is 4.18. The quantitative estimate of drug-likeness (QED) is 0.757. The first-order valence-electron chi connectivity index (χ1n) is 6.75. The Balaban J connectivity index is 2.20. The first-order chi connectivity index (χ1) is 11.3. The van der Waals surface area contributed by atoms with Gasteiger partial charge in [-0.2, -0.15) is 17.6 Å². The lowest BCUT2D eigenvalue weighted by Crippen LogP contribution is -2.35. The summed E-state index contributed by atoms with van der Waals surface area (Å²) in [5.41, 5.74) is 0.217. The maximum Gasteiger partial charge on any atom is 0.461 e. The van der Waals surface area contributed by atoms with Gasteiger partial charge in [-0.05, 0) is 12.1 Å². The van der Waals surface area contributed by atoms with Crippen molar-refractivity contribution in [3.05, 3.63) is 54.1 Å². The predicted molar refractivity (Wildman–Crippen MR) is 75.9 cm³/mol. The van der Waals surface area contributed by atoms with Gasteiger partial charge in [0.25, 0.3) is 5.91 Å². The van der Waals surface area contributed by atoms with Crippen LogP contribution in [0.1, 0.15) is 16.1 Å². The van der Waals surface area contributed by atoms with Crippen LogP contribution in [0.5, 0.6) is 5.75 Å². The molecule has 0 bridgehead atoms. The summed E-state index contributed by atoms with van der Waals surface area (Å²) in [6.07, 6.45) is -4.37. The maximum atomic E-state index is 13.1. The average molecular weight is 343 g/mol. The van der Waals surface area contributed by atoms with E-state index in [4.69, 9.17) is 0 Å². The molecule has 0 spiro atoms. The normalized spacial score (nSPS) is 11.4. The number of benzene rings is 1. The highest BCUT2D eigenvalue weighted by Gasteiger charge is 2.44. The number of nitrogens with zero attached hydrogens (tertiary/aromatic N) is 3. The van der Waals surface area contributed by atoms with Crippen LogP contribution in [0.25, 0.3) is 0 Å². The molecule has 0 N–H and O–H groups in total. The Morgan fingerprint density at radius 1 is 1.29 bits per heavy atom. The highest BCUT2D eigenvalue weighted by atomic mass is 19.3. The van der Waals surface area contributed by atoms with Crippen LogP contribution in [0.2, 0.25) is 0 Å². The molecule has 128 valence electrons. The van der Waals surface area contributed by atoms with Gasteiger partial charge >= 0.3 is 12.5 Å². The van der Waals surface area contributed by atoms with E-state index in [0.717, 1.165) is 6.07 Å². The number of para-hydroxylation sites is 1. The van der Waals surface area contributed by atoms with Gasteiger partial charge in [-0.15, -0.1) is 0 Å². The molecule has 9 heteroatoms. The number of amides is 1. The van der Waals surface area contributed by atoms with E-state index in [2.05, 4.69) is 14.7 Å². The number of alkyl halides is 4. The van der Waals surface area contributed by atoms with E-state index in [1.165, 1.54) is 48.7 Å². The van der Waals surface area contributed by atoms with Crippen LogP contribution in [-0.2, 0) is 6.54 Å². The molecule has 0 radical (unpaired) electrons. The van der Waals surface area contributed by atoms with Gasteiger partial charge in [0, 0.05) is 19.4 Å². The zero-order valence-corrected chi connectivity index (χ0v) is 12.5. The Morgan fingerprint density at radius 2 is 2.00 bits per heavy atom. The van der Waals surface area contributed by atoms with Crippen molar-refractivity contribution in [1.29, 1.82) is 0 Å². The van der Waals surface area contributed by atoms with Crippen LogP contribution in [0.3, 0.4) is 0 Å². The van der Waals surface area contributed by atoms with Crippen molar-refractivity contribution in [2.75, 3.05) is 7.05 Å². The second-order valence-corrected chi connectivity index (χ2v) is 4.82. The third-order valence-electron chi connectivity index (χ3n) is 2.98. The molecule has 1 aromatic carbocycles. The molecule has 0 saturated carbocycles. The zero-order chi connectivity index (χ0) is 17.7. The van der Waals surface area contributed by atoms with Gasteiger partial charge in [-0.1, -0.05) is 12.1 Å². The monoisotopic (exact) mass is 343 g/mol. The van der Waals surface area contributed by atoms with Crippen molar-refractivity contribution in [3.63, 3.8) is 0 Å². The Kier molecular flexibility index (Phi) is 5.32. The van der Waals surface area contributed by atoms with Crippen molar-refractivity contribution in [2.45, 2.75) is 19.1 Å². The smallest absolute Gasteiger partial charge is 0.427 e. The summed E-state index contributed by atoms with van der Waals surface area (Å²) >= 11 is 0. The number of hydrogen-bond donors (Lipinski definition) is 0. The molecule has 0 aliphatic carbocycles. The van der Waals surface area contributed by atoms with E-state index in [0.29, 0.717) is 5.69 Å². The molecule has 24 heavy (non-hydrogen) atoms. The van der Waals surface area contributed by atoms with Crippen molar-refractivity contribution >= 4 is 5.91 Å². The molecule has 5 nitrogen and oxygen atoms in total. The molecule has 2 rings (SSSR count). The fourth-order valence-corrected chi connectivity index (χ4v) is 1.86. The summed E-state index contributed by atoms with van der Waals surface area (Å²) in [5, 5.41) is 0. The number of carbonyl (C=O) groups is 1. The van der Waals surface area contributed by atoms with E-state index in [9.17, 15) is 22.4 Å². The van der Waals surface area contributed by atoms with Crippen LogP contribution in [-0.4, -0.2) is 40.4 Å². The third-order valence-corrected chi connectivity index (χ3v) is 2.98. The van der Waals surface area contributed by atoms with Gasteiger partial charge in [0.05, 0.1) is 24.0 Å². The molecule has 2 aromatic rings. The highest BCUT2D eigenvalue weighted by Crippen LogP contribution is 2.30. The summed E-state index contributed by atoms with van der Waals surface area (Å²) in [6, 6.07) is 4.96. The summed E-state index contributed by atoms with van der Waals surface area (Å²) < 4.78 is 54.9. The van der Waals surface area contributed by atoms with E-state index >= 15 is 0 Å². The molecule has 1 heterocycles. The SMILES string of the molecule is CN(Cc1cnccn1)C(=O)c1ccccc1OC(F)(F)C(F)F. The van der Waals surface area contributed by atoms with Crippen LogP contribution in [0, 0.1) is 0 Å². The molecule has 1 amide bonds.